The van der Waals surface area contributed by atoms with Gasteiger partial charge >= 0.3 is 0 Å². The Labute approximate surface area is 81.1 Å². The first-order valence-corrected chi connectivity index (χ1v) is 4.03. The second-order valence-corrected chi connectivity index (χ2v) is 2.78. The van der Waals surface area contributed by atoms with Crippen LogP contribution in [0.25, 0.3) is 0 Å². The van der Waals surface area contributed by atoms with Crippen molar-refractivity contribution in [2.24, 2.45) is 5.73 Å². The fourth-order valence-electron chi connectivity index (χ4n) is 0.795. The van der Waals surface area contributed by atoms with Gasteiger partial charge < -0.3 is 10.8 Å². The van der Waals surface area contributed by atoms with Crippen molar-refractivity contribution >= 4 is 23.5 Å². The number of aromatic hydroxyl groups is 1. The normalized spacial score (nSPS) is 10.2. The molecule has 0 saturated carbocycles. The largest absolute Gasteiger partial charge is 0.507 e. The summed E-state index contributed by atoms with van der Waals surface area (Å²) in [4.78, 5) is 0. The van der Waals surface area contributed by atoms with Crippen LogP contribution in [0.2, 0.25) is 0 Å². The number of nitrogens with one attached hydrogen (secondary N) is 2. The highest BCUT2D eigenvalue weighted by molar-refractivity contribution is 7.80. The summed E-state index contributed by atoms with van der Waals surface area (Å²) in [6.07, 6.45) is 1.56. The van der Waals surface area contributed by atoms with Crippen molar-refractivity contribution in [2.45, 2.75) is 0 Å². The summed E-state index contributed by atoms with van der Waals surface area (Å²) in [5.41, 5.74) is 8.34. The lowest BCUT2D eigenvalue weighted by atomic mass is 10.2. The van der Waals surface area contributed by atoms with E-state index in [2.05, 4.69) is 22.7 Å². The summed E-state index contributed by atoms with van der Waals surface area (Å²) in [5, 5.41) is 12.1. The van der Waals surface area contributed by atoms with Crippen LogP contribution in [-0.2, 0) is 0 Å². The Morgan fingerprint density at radius 3 is 2.85 bits per heavy atom. The van der Waals surface area contributed by atoms with E-state index in [-0.39, 0.29) is 10.9 Å². The maximum Gasteiger partial charge on any atom is 0.221 e. The summed E-state index contributed by atoms with van der Waals surface area (Å²) in [7, 11) is 0. The Morgan fingerprint density at radius 1 is 1.54 bits per heavy atom. The lowest BCUT2D eigenvalue weighted by Crippen LogP contribution is -2.82. The van der Waals surface area contributed by atoms with Gasteiger partial charge in [-0.2, -0.15) is 0 Å². The first-order valence-electron chi connectivity index (χ1n) is 3.62. The van der Waals surface area contributed by atoms with Gasteiger partial charge in [-0.05, 0) is 24.4 Å². The van der Waals surface area contributed by atoms with E-state index in [1.807, 2.05) is 6.07 Å². The highest BCUT2D eigenvalue weighted by Crippen LogP contribution is 2.11. The van der Waals surface area contributed by atoms with Crippen molar-refractivity contribution < 1.29 is 10.2 Å². The SMILES string of the molecule is NC(=S)N[NH+]=Cc1ccccc1O. The van der Waals surface area contributed by atoms with E-state index in [0.29, 0.717) is 5.56 Å². The van der Waals surface area contributed by atoms with E-state index in [4.69, 9.17) is 5.73 Å². The zero-order valence-corrected chi connectivity index (χ0v) is 7.64. The third kappa shape index (κ3) is 3.08. The maximum absolute atomic E-state index is 9.31. The Balaban J connectivity index is 2.68. The maximum atomic E-state index is 9.31. The number of phenols is 1. The van der Waals surface area contributed by atoms with Crippen LogP contribution in [0.15, 0.2) is 24.3 Å². The number of para-hydroxylation sites is 1. The minimum atomic E-state index is 0.145. The van der Waals surface area contributed by atoms with Gasteiger partial charge in [0.2, 0.25) is 11.3 Å². The van der Waals surface area contributed by atoms with Crippen molar-refractivity contribution in [1.82, 2.24) is 5.43 Å². The molecule has 0 bridgehead atoms. The molecule has 0 aliphatic rings. The third-order valence-electron chi connectivity index (χ3n) is 1.36. The Hall–Kier alpha value is -1.62. The van der Waals surface area contributed by atoms with Gasteiger partial charge in [-0.3, -0.25) is 0 Å². The van der Waals surface area contributed by atoms with E-state index in [1.54, 1.807) is 24.4 Å². The van der Waals surface area contributed by atoms with Crippen LogP contribution in [0.5, 0.6) is 5.75 Å². The van der Waals surface area contributed by atoms with Crippen molar-refractivity contribution in [3.63, 3.8) is 0 Å². The highest BCUT2D eigenvalue weighted by atomic mass is 32.1. The Bertz CT molecular complexity index is 338. The number of nitrogens with two attached hydrogens (primary N) is 1. The number of rotatable bonds is 2. The molecule has 5 heteroatoms. The van der Waals surface area contributed by atoms with E-state index in [1.165, 1.54) is 0 Å². The molecular formula is C8H10N3OS+. The molecular weight excluding hydrogens is 186 g/mol. The molecule has 0 amide bonds. The molecule has 1 aromatic rings. The van der Waals surface area contributed by atoms with Gasteiger partial charge in [-0.1, -0.05) is 12.1 Å². The molecule has 0 atom stereocenters. The molecule has 0 heterocycles. The van der Waals surface area contributed by atoms with Crippen LogP contribution in [0.1, 0.15) is 5.56 Å². The topological polar surface area (TPSA) is 72.2 Å². The summed E-state index contributed by atoms with van der Waals surface area (Å²) < 4.78 is 0. The van der Waals surface area contributed by atoms with Crippen LogP contribution >= 0.6 is 12.2 Å². The molecule has 13 heavy (non-hydrogen) atoms. The second kappa shape index (κ2) is 4.42. The van der Waals surface area contributed by atoms with E-state index >= 15 is 0 Å². The van der Waals surface area contributed by atoms with Crippen LogP contribution in [0.4, 0.5) is 0 Å². The average Bonchev–Trinajstić information content (AvgIpc) is 2.08. The summed E-state index contributed by atoms with van der Waals surface area (Å²) in [5.74, 6) is 0.194. The molecule has 0 aromatic heterocycles. The van der Waals surface area contributed by atoms with E-state index < -0.39 is 0 Å². The number of hydrogen-bond donors (Lipinski definition) is 4. The first kappa shape index (κ1) is 9.47. The van der Waals surface area contributed by atoms with Gasteiger partial charge in [0, 0.05) is 0 Å². The smallest absolute Gasteiger partial charge is 0.221 e. The van der Waals surface area contributed by atoms with E-state index in [9.17, 15) is 5.11 Å². The zero-order valence-electron chi connectivity index (χ0n) is 6.82. The molecule has 4 nitrogen and oxygen atoms in total. The molecule has 0 unspecified atom stereocenters. The monoisotopic (exact) mass is 196 g/mol. The van der Waals surface area contributed by atoms with Crippen molar-refractivity contribution in [1.29, 1.82) is 0 Å². The Kier molecular flexibility index (Phi) is 3.22. The average molecular weight is 196 g/mol. The lowest BCUT2D eigenvalue weighted by Gasteiger charge is -1.93. The number of hydrazone groups is 1. The molecule has 0 aliphatic carbocycles. The van der Waals surface area contributed by atoms with Crippen LogP contribution in [-0.4, -0.2) is 16.4 Å². The van der Waals surface area contributed by atoms with Crippen molar-refractivity contribution in [3.05, 3.63) is 29.8 Å². The minimum absolute atomic E-state index is 0.145. The first-order chi connectivity index (χ1) is 6.20. The molecule has 0 aliphatic heterocycles. The quantitative estimate of drug-likeness (QED) is 0.268. The molecule has 1 aromatic carbocycles. The number of thiocarbonyl (C=S) groups is 1. The minimum Gasteiger partial charge on any atom is -0.507 e. The van der Waals surface area contributed by atoms with Gasteiger partial charge in [0.05, 0.1) is 5.56 Å². The van der Waals surface area contributed by atoms with Gasteiger partial charge in [-0.15, -0.1) is 10.5 Å². The number of hydrazine groups is 1. The van der Waals surface area contributed by atoms with Gasteiger partial charge in [0.15, 0.2) is 0 Å². The molecule has 0 radical (unpaired) electrons. The molecule has 5 N–H and O–H groups in total. The van der Waals surface area contributed by atoms with Gasteiger partial charge in [-0.25, -0.2) is 0 Å². The lowest BCUT2D eigenvalue weighted by molar-refractivity contribution is -0.499. The fraction of sp³-hybridized carbons (Fsp3) is 0. The fourth-order valence-corrected chi connectivity index (χ4v) is 0.853. The third-order valence-corrected chi connectivity index (χ3v) is 1.46. The summed E-state index contributed by atoms with van der Waals surface area (Å²) in [6.45, 7) is 0. The Morgan fingerprint density at radius 2 is 2.23 bits per heavy atom. The zero-order chi connectivity index (χ0) is 9.68. The number of phenolic OH excluding ortho intramolecular Hbond substituents is 1. The predicted molar refractivity (Wildman–Crippen MR) is 54.2 cm³/mol. The van der Waals surface area contributed by atoms with Crippen molar-refractivity contribution in [2.75, 3.05) is 0 Å². The molecule has 0 saturated heterocycles. The molecule has 68 valence electrons. The van der Waals surface area contributed by atoms with Crippen LogP contribution in [0.3, 0.4) is 0 Å². The number of benzene rings is 1. The molecule has 0 fully saturated rings. The second-order valence-electron chi connectivity index (χ2n) is 2.34. The highest BCUT2D eigenvalue weighted by Gasteiger charge is 1.97. The van der Waals surface area contributed by atoms with Crippen LogP contribution in [0, 0.1) is 0 Å². The summed E-state index contributed by atoms with van der Waals surface area (Å²) >= 11 is 4.57. The van der Waals surface area contributed by atoms with Gasteiger partial charge in [0.1, 0.15) is 5.75 Å². The standard InChI is InChI=1S/C8H9N3OS/c9-8(13)11-10-5-6-3-1-2-4-7(6)12/h1-5,12H,(H3,9,11,13)/p+1. The molecule has 1 rings (SSSR count). The van der Waals surface area contributed by atoms with Crippen LogP contribution < -0.4 is 16.3 Å². The van der Waals surface area contributed by atoms with Gasteiger partial charge in [0.25, 0.3) is 0 Å². The summed E-state index contributed by atoms with van der Waals surface area (Å²) in [6, 6.07) is 6.90. The number of hydrogen-bond acceptors (Lipinski definition) is 2. The predicted octanol–water partition coefficient (Wildman–Crippen LogP) is -1.36. The van der Waals surface area contributed by atoms with Crippen molar-refractivity contribution in [3.8, 4) is 5.75 Å². The molecule has 0 spiro atoms. The van der Waals surface area contributed by atoms with E-state index in [0.717, 1.165) is 0 Å².